The molecule has 2 atom stereocenters. The molecule has 9 heteroatoms. The van der Waals surface area contributed by atoms with Crippen molar-refractivity contribution < 1.29 is 33.6 Å². The van der Waals surface area contributed by atoms with E-state index in [1.165, 1.54) is 0 Å². The van der Waals surface area contributed by atoms with Crippen molar-refractivity contribution in [2.24, 2.45) is 4.99 Å². The van der Waals surface area contributed by atoms with Crippen LogP contribution in [0.1, 0.15) is 41.2 Å². The summed E-state index contributed by atoms with van der Waals surface area (Å²) in [6.45, 7) is 0.584. The zero-order chi connectivity index (χ0) is 33.1. The van der Waals surface area contributed by atoms with Crippen molar-refractivity contribution in [2.75, 3.05) is 34.5 Å². The van der Waals surface area contributed by atoms with Gasteiger partial charge in [-0.15, -0.1) is 0 Å². The van der Waals surface area contributed by atoms with E-state index < -0.39 is 11.6 Å². The van der Waals surface area contributed by atoms with Crippen molar-refractivity contribution in [3.8, 4) is 23.0 Å². The highest BCUT2D eigenvalue weighted by Gasteiger charge is 2.52. The summed E-state index contributed by atoms with van der Waals surface area (Å²) in [7, 11) is 4.69. The van der Waals surface area contributed by atoms with Gasteiger partial charge in [0.15, 0.2) is 11.6 Å². The molecule has 0 bridgehead atoms. The molecule has 244 valence electrons. The van der Waals surface area contributed by atoms with Crippen LogP contribution >= 0.6 is 0 Å². The first-order chi connectivity index (χ1) is 23.0. The van der Waals surface area contributed by atoms with Crippen molar-refractivity contribution in [3.05, 3.63) is 125 Å². The molecular formula is C38H40N2O7. The lowest BCUT2D eigenvalue weighted by atomic mass is 9.84. The second-order valence-corrected chi connectivity index (χ2v) is 10.9. The Kier molecular flexibility index (Phi) is 11.1. The fourth-order valence-electron chi connectivity index (χ4n) is 5.46. The minimum Gasteiger partial charge on any atom is -0.496 e. The van der Waals surface area contributed by atoms with Crippen molar-refractivity contribution in [1.82, 2.24) is 5.32 Å². The van der Waals surface area contributed by atoms with E-state index in [1.54, 1.807) is 33.5 Å². The second-order valence-electron chi connectivity index (χ2n) is 10.9. The number of carbonyl (C=O) groups is 1. The normalized spacial score (nSPS) is 17.1. The highest BCUT2D eigenvalue weighted by molar-refractivity contribution is 6.01. The Balaban J connectivity index is 1.54. The molecule has 0 saturated carbocycles. The van der Waals surface area contributed by atoms with E-state index in [1.807, 2.05) is 97.1 Å². The van der Waals surface area contributed by atoms with Crippen LogP contribution in [0.25, 0.3) is 6.08 Å². The van der Waals surface area contributed by atoms with Gasteiger partial charge in [0.25, 0.3) is 5.91 Å². The smallest absolute Gasteiger partial charge is 0.252 e. The standard InChI is InChI=1S/C38H40N2O7/c1-43-31-24-33(44-2)32(34(25-31)45-3)26-39-37(42)38(21-10-14-27-12-6-4-7-13-27)35(28-15-8-5-9-16-28)47-36(40-38)29-17-19-30(20-18-29)46-23-11-22-41/h4-10,12-20,24-25,35,41H,11,21-23,26H2,1-3H3,(H,39,42)/b14-10+/t35-,38-/m1/s1. The van der Waals surface area contributed by atoms with E-state index in [0.717, 1.165) is 11.1 Å². The number of hydrogen-bond acceptors (Lipinski definition) is 8. The second kappa shape index (κ2) is 15.8. The van der Waals surface area contributed by atoms with Gasteiger partial charge in [0.05, 0.1) is 40.0 Å². The van der Waals surface area contributed by atoms with E-state index in [-0.39, 0.29) is 25.5 Å². The van der Waals surface area contributed by atoms with Gasteiger partial charge in [-0.3, -0.25) is 4.79 Å². The summed E-state index contributed by atoms with van der Waals surface area (Å²) in [4.78, 5) is 19.7. The van der Waals surface area contributed by atoms with Crippen LogP contribution < -0.4 is 24.3 Å². The third kappa shape index (κ3) is 7.76. The monoisotopic (exact) mass is 636 g/mol. The first-order valence-corrected chi connectivity index (χ1v) is 15.5. The summed E-state index contributed by atoms with van der Waals surface area (Å²) in [5, 5.41) is 12.2. The van der Waals surface area contributed by atoms with E-state index >= 15 is 0 Å². The summed E-state index contributed by atoms with van der Waals surface area (Å²) in [6.07, 6.45) is 4.03. The SMILES string of the molecule is COc1cc(OC)c(CNC(=O)[C@]2(C/C=C/c3ccccc3)N=C(c3ccc(OCCCO)cc3)O[C@@H]2c2ccccc2)c(OC)c1. The fraction of sp³-hybridized carbons (Fsp3) is 0.263. The minimum atomic E-state index is -1.36. The van der Waals surface area contributed by atoms with Gasteiger partial charge in [0.1, 0.15) is 23.0 Å². The average molecular weight is 637 g/mol. The van der Waals surface area contributed by atoms with Gasteiger partial charge in [0, 0.05) is 37.1 Å². The zero-order valence-electron chi connectivity index (χ0n) is 26.8. The molecule has 0 aromatic heterocycles. The van der Waals surface area contributed by atoms with Gasteiger partial charge in [-0.25, -0.2) is 4.99 Å². The van der Waals surface area contributed by atoms with Crippen LogP contribution in [-0.4, -0.2) is 57.0 Å². The molecule has 0 fully saturated rings. The fourth-order valence-corrected chi connectivity index (χ4v) is 5.46. The Hall–Kier alpha value is -5.28. The Labute approximate surface area is 275 Å². The number of nitrogens with zero attached hydrogens (tertiary/aromatic N) is 1. The lowest BCUT2D eigenvalue weighted by molar-refractivity contribution is -0.129. The number of aliphatic imine (C=N–C) groups is 1. The number of hydrogen-bond donors (Lipinski definition) is 2. The number of nitrogens with one attached hydrogen (secondary N) is 1. The Morgan fingerprint density at radius 2 is 1.55 bits per heavy atom. The minimum absolute atomic E-state index is 0.0600. The molecule has 47 heavy (non-hydrogen) atoms. The summed E-state index contributed by atoms with van der Waals surface area (Å²) in [5.41, 5.74) is 1.84. The predicted octanol–water partition coefficient (Wildman–Crippen LogP) is 6.15. The first-order valence-electron chi connectivity index (χ1n) is 15.5. The van der Waals surface area contributed by atoms with Gasteiger partial charge in [-0.1, -0.05) is 72.8 Å². The average Bonchev–Trinajstić information content (AvgIpc) is 3.52. The zero-order valence-corrected chi connectivity index (χ0v) is 26.8. The Bertz CT molecular complexity index is 1650. The molecule has 1 aliphatic heterocycles. The number of aliphatic hydroxyl groups is 1. The Morgan fingerprint density at radius 1 is 0.894 bits per heavy atom. The summed E-state index contributed by atoms with van der Waals surface area (Å²) in [5.74, 6) is 2.31. The van der Waals surface area contributed by atoms with Crippen molar-refractivity contribution in [3.63, 3.8) is 0 Å². The molecular weight excluding hydrogens is 596 g/mol. The predicted molar refractivity (Wildman–Crippen MR) is 181 cm³/mol. The molecule has 4 aromatic carbocycles. The summed E-state index contributed by atoms with van der Waals surface area (Å²) >= 11 is 0. The van der Waals surface area contributed by atoms with Crippen LogP contribution in [0.4, 0.5) is 0 Å². The molecule has 5 rings (SSSR count). The third-order valence-corrected chi connectivity index (χ3v) is 7.91. The molecule has 0 radical (unpaired) electrons. The van der Waals surface area contributed by atoms with Crippen molar-refractivity contribution >= 4 is 17.9 Å². The molecule has 0 unspecified atom stereocenters. The molecule has 1 amide bonds. The lowest BCUT2D eigenvalue weighted by Gasteiger charge is -2.30. The number of carbonyl (C=O) groups excluding carboxylic acids is 1. The van der Waals surface area contributed by atoms with Gasteiger partial charge in [-0.2, -0.15) is 0 Å². The number of amides is 1. The van der Waals surface area contributed by atoms with Gasteiger partial charge >= 0.3 is 0 Å². The van der Waals surface area contributed by atoms with Gasteiger partial charge < -0.3 is 34.1 Å². The molecule has 4 aromatic rings. The largest absolute Gasteiger partial charge is 0.496 e. The maximum Gasteiger partial charge on any atom is 0.252 e. The number of rotatable bonds is 15. The van der Waals surface area contributed by atoms with Gasteiger partial charge in [-0.05, 0) is 35.4 Å². The van der Waals surface area contributed by atoms with E-state index in [9.17, 15) is 4.79 Å². The van der Waals surface area contributed by atoms with Crippen LogP contribution in [-0.2, 0) is 16.1 Å². The van der Waals surface area contributed by atoms with E-state index in [2.05, 4.69) is 5.32 Å². The highest BCUT2D eigenvalue weighted by atomic mass is 16.5. The Morgan fingerprint density at radius 3 is 2.17 bits per heavy atom. The van der Waals surface area contributed by atoms with Gasteiger partial charge in [0.2, 0.25) is 5.90 Å². The maximum absolute atomic E-state index is 14.6. The van der Waals surface area contributed by atoms with Crippen LogP contribution in [0.2, 0.25) is 0 Å². The van der Waals surface area contributed by atoms with Crippen LogP contribution in [0.15, 0.2) is 108 Å². The quantitative estimate of drug-likeness (QED) is 0.151. The topological polar surface area (TPSA) is 108 Å². The molecule has 1 heterocycles. The molecule has 0 spiro atoms. The van der Waals surface area contributed by atoms with Crippen LogP contribution in [0, 0.1) is 0 Å². The number of aliphatic hydroxyl groups excluding tert-OH is 1. The number of benzene rings is 4. The van der Waals surface area contributed by atoms with Crippen molar-refractivity contribution in [1.29, 1.82) is 0 Å². The lowest BCUT2D eigenvalue weighted by Crippen LogP contribution is -2.47. The third-order valence-electron chi connectivity index (χ3n) is 7.91. The maximum atomic E-state index is 14.6. The number of ether oxygens (including phenoxy) is 5. The molecule has 0 saturated heterocycles. The van der Waals surface area contributed by atoms with E-state index in [0.29, 0.717) is 53.1 Å². The molecule has 0 aliphatic carbocycles. The highest BCUT2D eigenvalue weighted by Crippen LogP contribution is 2.43. The summed E-state index contributed by atoms with van der Waals surface area (Å²) < 4.78 is 29.0. The van der Waals surface area contributed by atoms with E-state index in [4.69, 9.17) is 33.8 Å². The van der Waals surface area contributed by atoms with Crippen molar-refractivity contribution in [2.45, 2.75) is 31.0 Å². The molecule has 9 nitrogen and oxygen atoms in total. The van der Waals surface area contributed by atoms with Crippen LogP contribution in [0.3, 0.4) is 0 Å². The molecule has 2 N–H and O–H groups in total. The summed E-state index contributed by atoms with van der Waals surface area (Å²) in [6, 6.07) is 30.4. The molecule has 1 aliphatic rings. The van der Waals surface area contributed by atoms with Crippen LogP contribution in [0.5, 0.6) is 23.0 Å². The first kappa shape index (κ1) is 33.1. The number of methoxy groups -OCH3 is 3.